The molecule has 0 atom stereocenters. The zero-order valence-corrected chi connectivity index (χ0v) is 17.0. The van der Waals surface area contributed by atoms with Crippen LogP contribution < -0.4 is 10.9 Å². The lowest BCUT2D eigenvalue weighted by Crippen LogP contribution is -2.23. The van der Waals surface area contributed by atoms with Gasteiger partial charge in [-0.3, -0.25) is 9.36 Å². The number of benzene rings is 1. The van der Waals surface area contributed by atoms with Crippen molar-refractivity contribution < 1.29 is 13.9 Å². The van der Waals surface area contributed by atoms with Crippen molar-refractivity contribution in [3.63, 3.8) is 0 Å². The molecule has 6 nitrogen and oxygen atoms in total. The van der Waals surface area contributed by atoms with Crippen LogP contribution in [0.5, 0.6) is 0 Å². The molecule has 0 fully saturated rings. The Morgan fingerprint density at radius 2 is 1.96 bits per heavy atom. The molecule has 8 heteroatoms. The number of methoxy groups -OCH3 is 1. The minimum atomic E-state index is -0.626. The lowest BCUT2D eigenvalue weighted by molar-refractivity contribution is 0.0603. The fourth-order valence-electron chi connectivity index (χ4n) is 2.56. The largest absolute Gasteiger partial charge is 0.465 e. The summed E-state index contributed by atoms with van der Waals surface area (Å²) in [5.41, 5.74) is 0.900. The molecule has 0 radical (unpaired) electrons. The number of nitrogens with one attached hydrogen (secondary N) is 1. The number of fused-ring (bicyclic) bond motifs is 1. The third kappa shape index (κ3) is 3.85. The number of carbonyl (C=O) groups is 1. The third-order valence-corrected chi connectivity index (χ3v) is 4.80. The Balaban J connectivity index is 0.00000126. The molecule has 0 aliphatic carbocycles. The molecule has 0 aliphatic rings. The maximum absolute atomic E-state index is 14.2. The number of nitrogens with zero attached hydrogens (tertiary/aromatic N) is 2. The van der Waals surface area contributed by atoms with Crippen LogP contribution in [0, 0.1) is 19.7 Å². The van der Waals surface area contributed by atoms with E-state index in [1.54, 1.807) is 26.0 Å². The first kappa shape index (κ1) is 20.6. The Morgan fingerprint density at radius 3 is 2.56 bits per heavy atom. The van der Waals surface area contributed by atoms with Crippen molar-refractivity contribution in [2.24, 2.45) is 7.05 Å². The third-order valence-electron chi connectivity index (χ3n) is 3.81. The second-order valence-corrected chi connectivity index (χ2v) is 6.80. The van der Waals surface area contributed by atoms with Crippen molar-refractivity contribution in [1.82, 2.24) is 9.55 Å². The van der Waals surface area contributed by atoms with Crippen molar-refractivity contribution in [2.75, 3.05) is 12.4 Å². The van der Waals surface area contributed by atoms with E-state index in [2.05, 4.69) is 10.3 Å². The van der Waals surface area contributed by atoms with Gasteiger partial charge in [0.25, 0.3) is 5.56 Å². The normalized spacial score (nSPS) is 10.3. The van der Waals surface area contributed by atoms with E-state index in [1.807, 2.05) is 13.8 Å². The lowest BCUT2D eigenvalue weighted by Gasteiger charge is -2.16. The van der Waals surface area contributed by atoms with E-state index in [0.717, 1.165) is 5.56 Å². The van der Waals surface area contributed by atoms with Gasteiger partial charge in [-0.05, 0) is 31.5 Å². The van der Waals surface area contributed by atoms with Gasteiger partial charge in [-0.1, -0.05) is 19.9 Å². The van der Waals surface area contributed by atoms with Gasteiger partial charge in [0.05, 0.1) is 22.5 Å². The van der Waals surface area contributed by atoms with Crippen molar-refractivity contribution in [1.29, 1.82) is 0 Å². The standard InChI is InChI=1S/C17H16FN3O3S.C2H6/c1-8-5-6-11(10(18)7-8)20-15-12(17(23)24-4)14-13(16(22)21(15)3)19-9(2)25-14;1-2/h5-7,20H,1-4H3;1-2H3. The van der Waals surface area contributed by atoms with Gasteiger partial charge in [0.2, 0.25) is 0 Å². The summed E-state index contributed by atoms with van der Waals surface area (Å²) in [6.45, 7) is 7.52. The summed E-state index contributed by atoms with van der Waals surface area (Å²) in [7, 11) is 2.75. The molecule has 3 aromatic rings. The molecule has 0 amide bonds. The molecular weight excluding hydrogens is 369 g/mol. The summed E-state index contributed by atoms with van der Waals surface area (Å²) >= 11 is 1.22. The SMILES string of the molecule is CC.COC(=O)c1c(Nc2ccc(C)cc2F)n(C)c(=O)c2nc(C)sc12. The molecule has 0 saturated heterocycles. The zero-order chi connectivity index (χ0) is 20.3. The fourth-order valence-corrected chi connectivity index (χ4v) is 3.51. The number of esters is 1. The average molecular weight is 391 g/mol. The molecule has 3 rings (SSSR count). The maximum Gasteiger partial charge on any atom is 0.343 e. The molecule has 27 heavy (non-hydrogen) atoms. The highest BCUT2D eigenvalue weighted by Gasteiger charge is 2.24. The number of carbonyl (C=O) groups excluding carboxylic acids is 1. The van der Waals surface area contributed by atoms with Crippen LogP contribution >= 0.6 is 11.3 Å². The van der Waals surface area contributed by atoms with E-state index in [1.165, 1.54) is 36.1 Å². The summed E-state index contributed by atoms with van der Waals surface area (Å²) in [6, 6.07) is 4.66. The Hall–Kier alpha value is -2.74. The molecular formula is C19H22FN3O3S. The zero-order valence-electron chi connectivity index (χ0n) is 16.1. The predicted octanol–water partition coefficient (Wildman–Crippen LogP) is 4.31. The van der Waals surface area contributed by atoms with Crippen LogP contribution in [0.3, 0.4) is 0 Å². The van der Waals surface area contributed by atoms with Gasteiger partial charge in [-0.2, -0.15) is 0 Å². The van der Waals surface area contributed by atoms with Crippen LogP contribution in [-0.4, -0.2) is 22.6 Å². The Kier molecular flexibility index (Phi) is 6.32. The Bertz CT molecular complexity index is 1060. The molecule has 2 aromatic heterocycles. The highest BCUT2D eigenvalue weighted by molar-refractivity contribution is 7.19. The number of ether oxygens (including phenoxy) is 1. The summed E-state index contributed by atoms with van der Waals surface area (Å²) in [5.74, 6) is -0.945. The smallest absolute Gasteiger partial charge is 0.343 e. The summed E-state index contributed by atoms with van der Waals surface area (Å²) in [5, 5.41) is 3.51. The summed E-state index contributed by atoms with van der Waals surface area (Å²) < 4.78 is 20.8. The Morgan fingerprint density at radius 1 is 1.30 bits per heavy atom. The molecule has 0 aliphatic heterocycles. The second-order valence-electron chi connectivity index (χ2n) is 5.60. The minimum absolute atomic E-state index is 0.158. The van der Waals surface area contributed by atoms with Gasteiger partial charge in [0, 0.05) is 7.05 Å². The number of rotatable bonds is 3. The first-order valence-corrected chi connectivity index (χ1v) is 9.26. The van der Waals surface area contributed by atoms with Crippen LogP contribution in [0.4, 0.5) is 15.9 Å². The number of aryl methyl sites for hydroxylation is 2. The molecule has 2 heterocycles. The van der Waals surface area contributed by atoms with E-state index in [0.29, 0.717) is 9.71 Å². The number of hydrogen-bond donors (Lipinski definition) is 1. The van der Waals surface area contributed by atoms with Crippen LogP contribution in [0.15, 0.2) is 23.0 Å². The Labute approximate surface area is 160 Å². The number of thiazole rings is 1. The number of aromatic nitrogens is 2. The molecule has 1 aromatic carbocycles. The van der Waals surface area contributed by atoms with E-state index in [-0.39, 0.29) is 28.1 Å². The van der Waals surface area contributed by atoms with Crippen LogP contribution in [0.1, 0.15) is 34.8 Å². The maximum atomic E-state index is 14.2. The predicted molar refractivity (Wildman–Crippen MR) is 107 cm³/mol. The molecule has 0 unspecified atom stereocenters. The summed E-state index contributed by atoms with van der Waals surface area (Å²) in [6.07, 6.45) is 0. The molecule has 0 saturated carbocycles. The van der Waals surface area contributed by atoms with Crippen molar-refractivity contribution in [2.45, 2.75) is 27.7 Å². The first-order chi connectivity index (χ1) is 12.8. The van der Waals surface area contributed by atoms with E-state index < -0.39 is 11.8 Å². The van der Waals surface area contributed by atoms with Crippen molar-refractivity contribution in [3.05, 3.63) is 50.5 Å². The van der Waals surface area contributed by atoms with Gasteiger partial charge in [0.15, 0.2) is 0 Å². The lowest BCUT2D eigenvalue weighted by atomic mass is 10.2. The van der Waals surface area contributed by atoms with E-state index in [9.17, 15) is 14.0 Å². The van der Waals surface area contributed by atoms with Crippen molar-refractivity contribution in [3.8, 4) is 0 Å². The number of hydrogen-bond acceptors (Lipinski definition) is 6. The quantitative estimate of drug-likeness (QED) is 0.674. The molecule has 0 spiro atoms. The number of pyridine rings is 1. The van der Waals surface area contributed by atoms with Crippen molar-refractivity contribution >= 4 is 39.0 Å². The van der Waals surface area contributed by atoms with Gasteiger partial charge in [-0.15, -0.1) is 11.3 Å². The molecule has 144 valence electrons. The van der Waals surface area contributed by atoms with Crippen LogP contribution in [0.25, 0.3) is 10.2 Å². The molecule has 1 N–H and O–H groups in total. The first-order valence-electron chi connectivity index (χ1n) is 8.45. The minimum Gasteiger partial charge on any atom is -0.465 e. The summed E-state index contributed by atoms with van der Waals surface area (Å²) in [4.78, 5) is 29.1. The highest BCUT2D eigenvalue weighted by Crippen LogP contribution is 2.31. The van der Waals surface area contributed by atoms with Gasteiger partial charge in [0.1, 0.15) is 22.7 Å². The second kappa shape index (κ2) is 8.30. The van der Waals surface area contributed by atoms with E-state index >= 15 is 0 Å². The number of halogens is 1. The van der Waals surface area contributed by atoms with Gasteiger partial charge < -0.3 is 10.1 Å². The van der Waals surface area contributed by atoms with Gasteiger partial charge in [-0.25, -0.2) is 14.2 Å². The highest BCUT2D eigenvalue weighted by atomic mass is 32.1. The number of anilines is 2. The molecule has 0 bridgehead atoms. The average Bonchev–Trinajstić information content (AvgIpc) is 3.04. The van der Waals surface area contributed by atoms with Crippen LogP contribution in [0.2, 0.25) is 0 Å². The monoisotopic (exact) mass is 391 g/mol. The topological polar surface area (TPSA) is 73.2 Å². The van der Waals surface area contributed by atoms with E-state index in [4.69, 9.17) is 4.74 Å². The fraction of sp³-hybridized carbons (Fsp3) is 0.316. The van der Waals surface area contributed by atoms with Crippen LogP contribution in [-0.2, 0) is 11.8 Å². The van der Waals surface area contributed by atoms with Gasteiger partial charge >= 0.3 is 5.97 Å².